The van der Waals surface area contributed by atoms with Gasteiger partial charge < -0.3 is 10.2 Å². The normalized spacial score (nSPS) is 13.0. The van der Waals surface area contributed by atoms with Crippen LogP contribution >= 0.6 is 0 Å². The van der Waals surface area contributed by atoms with Crippen LogP contribution in [0.3, 0.4) is 0 Å². The molecule has 1 heterocycles. The highest BCUT2D eigenvalue weighted by Gasteiger charge is 2.08. The lowest BCUT2D eigenvalue weighted by Gasteiger charge is -2.15. The Bertz CT molecular complexity index is 325. The van der Waals surface area contributed by atoms with E-state index in [9.17, 15) is 0 Å². The lowest BCUT2D eigenvalue weighted by molar-refractivity contribution is 0.388. The second kappa shape index (κ2) is 7.35. The van der Waals surface area contributed by atoms with Crippen molar-refractivity contribution in [1.29, 1.82) is 0 Å². The van der Waals surface area contributed by atoms with E-state index in [1.165, 1.54) is 12.8 Å². The van der Waals surface area contributed by atoms with Gasteiger partial charge in [-0.15, -0.1) is 0 Å². The molecular formula is C13H24N4. The second-order valence-corrected chi connectivity index (χ2v) is 4.71. The first kappa shape index (κ1) is 14.1. The van der Waals surface area contributed by atoms with Crippen molar-refractivity contribution in [2.45, 2.75) is 32.7 Å². The molecule has 0 spiro atoms. The van der Waals surface area contributed by atoms with E-state index in [0.29, 0.717) is 0 Å². The topological polar surface area (TPSA) is 41.1 Å². The van der Waals surface area contributed by atoms with Gasteiger partial charge in [-0.05, 0) is 53.9 Å². The van der Waals surface area contributed by atoms with E-state index in [-0.39, 0.29) is 6.04 Å². The molecule has 0 bridgehead atoms. The minimum atomic E-state index is 0.281. The first-order chi connectivity index (χ1) is 8.11. The fourth-order valence-corrected chi connectivity index (χ4v) is 1.81. The molecule has 0 aromatic carbocycles. The van der Waals surface area contributed by atoms with Crippen molar-refractivity contribution in [2.24, 2.45) is 0 Å². The van der Waals surface area contributed by atoms with Gasteiger partial charge in [-0.2, -0.15) is 0 Å². The zero-order valence-electron chi connectivity index (χ0n) is 11.4. The van der Waals surface area contributed by atoms with Crippen LogP contribution in [-0.4, -0.2) is 42.1 Å². The van der Waals surface area contributed by atoms with E-state index in [4.69, 9.17) is 0 Å². The van der Waals surface area contributed by atoms with Crippen LogP contribution in [0.2, 0.25) is 0 Å². The Hall–Kier alpha value is -1.00. The van der Waals surface area contributed by atoms with Gasteiger partial charge in [0.2, 0.25) is 0 Å². The summed E-state index contributed by atoms with van der Waals surface area (Å²) in [6.45, 7) is 6.33. The molecule has 0 radical (unpaired) electrons. The van der Waals surface area contributed by atoms with Gasteiger partial charge >= 0.3 is 0 Å². The monoisotopic (exact) mass is 236 g/mol. The van der Waals surface area contributed by atoms with Gasteiger partial charge in [0, 0.05) is 18.4 Å². The summed E-state index contributed by atoms with van der Waals surface area (Å²) in [5.74, 6) is 0. The number of nitrogens with one attached hydrogen (secondary N) is 1. The van der Waals surface area contributed by atoms with E-state index in [1.807, 2.05) is 6.92 Å². The Morgan fingerprint density at radius 2 is 1.94 bits per heavy atom. The standard InChI is InChI=1S/C13H24N4/c1-11(13-12(2)15-8-9-16-13)14-7-5-6-10-17(3)4/h8-9,11,14H,5-7,10H2,1-4H3. The Morgan fingerprint density at radius 1 is 1.24 bits per heavy atom. The van der Waals surface area contributed by atoms with Crippen LogP contribution in [0, 0.1) is 6.92 Å². The first-order valence-corrected chi connectivity index (χ1v) is 6.27. The van der Waals surface area contributed by atoms with Crippen LogP contribution < -0.4 is 5.32 Å². The van der Waals surface area contributed by atoms with Crippen LogP contribution in [0.4, 0.5) is 0 Å². The summed E-state index contributed by atoms with van der Waals surface area (Å²) in [4.78, 5) is 10.8. The van der Waals surface area contributed by atoms with Crippen molar-refractivity contribution >= 4 is 0 Å². The fourth-order valence-electron chi connectivity index (χ4n) is 1.81. The molecule has 4 heteroatoms. The van der Waals surface area contributed by atoms with Crippen LogP contribution in [0.15, 0.2) is 12.4 Å². The van der Waals surface area contributed by atoms with Crippen molar-refractivity contribution in [2.75, 3.05) is 27.2 Å². The van der Waals surface area contributed by atoms with Crippen molar-refractivity contribution in [1.82, 2.24) is 20.2 Å². The zero-order valence-corrected chi connectivity index (χ0v) is 11.4. The summed E-state index contributed by atoms with van der Waals surface area (Å²) in [6.07, 6.45) is 5.92. The van der Waals surface area contributed by atoms with E-state index < -0.39 is 0 Å². The van der Waals surface area contributed by atoms with E-state index in [2.05, 4.69) is 41.2 Å². The van der Waals surface area contributed by atoms with Gasteiger partial charge in [0.05, 0.1) is 11.4 Å². The lowest BCUT2D eigenvalue weighted by atomic mass is 10.2. The van der Waals surface area contributed by atoms with Crippen molar-refractivity contribution < 1.29 is 0 Å². The summed E-state index contributed by atoms with van der Waals surface area (Å²) in [7, 11) is 4.22. The number of rotatable bonds is 7. The molecule has 1 rings (SSSR count). The fraction of sp³-hybridized carbons (Fsp3) is 0.692. The maximum Gasteiger partial charge on any atom is 0.0782 e. The van der Waals surface area contributed by atoms with Crippen LogP contribution in [0.25, 0.3) is 0 Å². The molecule has 1 unspecified atom stereocenters. The van der Waals surface area contributed by atoms with Crippen LogP contribution in [0.1, 0.15) is 37.2 Å². The Kier molecular flexibility index (Phi) is 6.08. The zero-order chi connectivity index (χ0) is 12.7. The first-order valence-electron chi connectivity index (χ1n) is 6.27. The highest BCUT2D eigenvalue weighted by molar-refractivity contribution is 5.12. The molecule has 0 aliphatic rings. The highest BCUT2D eigenvalue weighted by Crippen LogP contribution is 2.11. The number of hydrogen-bond acceptors (Lipinski definition) is 4. The second-order valence-electron chi connectivity index (χ2n) is 4.71. The lowest BCUT2D eigenvalue weighted by Crippen LogP contribution is -2.23. The van der Waals surface area contributed by atoms with Crippen molar-refractivity contribution in [3.05, 3.63) is 23.8 Å². The van der Waals surface area contributed by atoms with Gasteiger partial charge in [-0.3, -0.25) is 9.97 Å². The van der Waals surface area contributed by atoms with Crippen LogP contribution in [0.5, 0.6) is 0 Å². The summed E-state index contributed by atoms with van der Waals surface area (Å²) in [5.41, 5.74) is 2.07. The highest BCUT2D eigenvalue weighted by atomic mass is 15.0. The molecule has 4 nitrogen and oxygen atoms in total. The largest absolute Gasteiger partial charge is 0.309 e. The summed E-state index contributed by atoms with van der Waals surface area (Å²) in [5, 5.41) is 3.49. The predicted molar refractivity (Wildman–Crippen MR) is 71.0 cm³/mol. The molecule has 17 heavy (non-hydrogen) atoms. The Morgan fingerprint density at radius 3 is 2.59 bits per heavy atom. The van der Waals surface area contributed by atoms with E-state index in [0.717, 1.165) is 24.5 Å². The third kappa shape index (κ3) is 5.24. The summed E-state index contributed by atoms with van der Waals surface area (Å²) < 4.78 is 0. The summed E-state index contributed by atoms with van der Waals surface area (Å²) in [6, 6.07) is 0.281. The molecule has 0 aliphatic heterocycles. The molecule has 0 saturated carbocycles. The quantitative estimate of drug-likeness (QED) is 0.733. The number of aryl methyl sites for hydroxylation is 1. The minimum absolute atomic E-state index is 0.281. The van der Waals surface area contributed by atoms with Crippen molar-refractivity contribution in [3.8, 4) is 0 Å². The Balaban J connectivity index is 2.26. The number of aromatic nitrogens is 2. The molecule has 1 atom stereocenters. The van der Waals surface area contributed by atoms with Gasteiger partial charge in [0.25, 0.3) is 0 Å². The molecule has 0 fully saturated rings. The van der Waals surface area contributed by atoms with Gasteiger partial charge in [-0.1, -0.05) is 0 Å². The molecular weight excluding hydrogens is 212 g/mol. The third-order valence-electron chi connectivity index (χ3n) is 2.81. The van der Waals surface area contributed by atoms with Gasteiger partial charge in [0.15, 0.2) is 0 Å². The van der Waals surface area contributed by atoms with Crippen molar-refractivity contribution in [3.63, 3.8) is 0 Å². The maximum absolute atomic E-state index is 4.37. The molecule has 0 saturated heterocycles. The molecule has 1 aromatic rings. The van der Waals surface area contributed by atoms with Gasteiger partial charge in [0.1, 0.15) is 0 Å². The molecule has 1 aromatic heterocycles. The van der Waals surface area contributed by atoms with Gasteiger partial charge in [-0.25, -0.2) is 0 Å². The van der Waals surface area contributed by atoms with E-state index >= 15 is 0 Å². The maximum atomic E-state index is 4.37. The average Bonchev–Trinajstić information content (AvgIpc) is 2.28. The van der Waals surface area contributed by atoms with E-state index in [1.54, 1.807) is 12.4 Å². The third-order valence-corrected chi connectivity index (χ3v) is 2.81. The predicted octanol–water partition coefficient (Wildman–Crippen LogP) is 1.78. The molecule has 96 valence electrons. The van der Waals surface area contributed by atoms with Crippen LogP contribution in [-0.2, 0) is 0 Å². The molecule has 1 N–H and O–H groups in total. The minimum Gasteiger partial charge on any atom is -0.309 e. The molecule has 0 amide bonds. The number of nitrogens with zero attached hydrogens (tertiary/aromatic N) is 3. The summed E-state index contributed by atoms with van der Waals surface area (Å²) >= 11 is 0. The smallest absolute Gasteiger partial charge is 0.0782 e. The SMILES string of the molecule is Cc1nccnc1C(C)NCCCCN(C)C. The average molecular weight is 236 g/mol. The number of unbranched alkanes of at least 4 members (excludes halogenated alkanes) is 1. The number of hydrogen-bond donors (Lipinski definition) is 1. The molecule has 0 aliphatic carbocycles. The Labute approximate surface area is 104 Å².